The lowest BCUT2D eigenvalue weighted by atomic mass is 9.84. The Balaban J connectivity index is 1.67. The number of hydrogen-bond acceptors (Lipinski definition) is 3. The molecule has 3 rings (SSSR count). The molecule has 0 spiro atoms. The zero-order valence-electron chi connectivity index (χ0n) is 14.1. The Labute approximate surface area is 142 Å². The van der Waals surface area contributed by atoms with Crippen LogP contribution in [0.2, 0.25) is 0 Å². The van der Waals surface area contributed by atoms with Crippen molar-refractivity contribution in [3.63, 3.8) is 0 Å². The molecule has 1 heterocycles. The van der Waals surface area contributed by atoms with Crippen molar-refractivity contribution in [3.8, 4) is 0 Å². The Morgan fingerprint density at radius 3 is 2.67 bits per heavy atom. The fraction of sp³-hybridized carbons (Fsp3) is 0.579. The van der Waals surface area contributed by atoms with Crippen LogP contribution in [0.1, 0.15) is 44.6 Å². The number of likely N-dealkylation sites (tertiary alicyclic amines) is 1. The van der Waals surface area contributed by atoms with Gasteiger partial charge in [0.1, 0.15) is 12.1 Å². The molecule has 0 bridgehead atoms. The van der Waals surface area contributed by atoms with Gasteiger partial charge in [-0.05, 0) is 37.7 Å². The maximum Gasteiger partial charge on any atom is 0.326 e. The molecule has 1 aromatic rings. The normalized spacial score (nSPS) is 27.5. The summed E-state index contributed by atoms with van der Waals surface area (Å²) in [5.74, 6) is -0.758. The van der Waals surface area contributed by atoms with E-state index < -0.39 is 18.1 Å². The third-order valence-corrected chi connectivity index (χ3v) is 5.32. The number of carboxylic acids is 1. The van der Waals surface area contributed by atoms with Crippen molar-refractivity contribution < 1.29 is 19.4 Å². The molecule has 2 aliphatic rings. The summed E-state index contributed by atoms with van der Waals surface area (Å²) in [6, 6.07) is 9.05. The number of carbonyl (C=O) groups excluding carboxylic acids is 1. The minimum atomic E-state index is -0.895. The molecule has 0 aromatic heterocycles. The molecule has 1 aliphatic carbocycles. The van der Waals surface area contributed by atoms with Crippen molar-refractivity contribution in [3.05, 3.63) is 35.9 Å². The van der Waals surface area contributed by atoms with Gasteiger partial charge in [0, 0.05) is 6.04 Å². The van der Waals surface area contributed by atoms with E-state index in [4.69, 9.17) is 4.74 Å². The first-order chi connectivity index (χ1) is 11.6. The summed E-state index contributed by atoms with van der Waals surface area (Å²) in [5, 5.41) is 9.53. The largest absolute Gasteiger partial charge is 0.480 e. The topological polar surface area (TPSA) is 66.8 Å². The maximum absolute atomic E-state index is 12.9. The van der Waals surface area contributed by atoms with Crippen LogP contribution in [0.5, 0.6) is 0 Å². The number of nitrogens with zero attached hydrogens (tertiary/aromatic N) is 1. The molecular formula is C19H25NO4. The zero-order valence-corrected chi connectivity index (χ0v) is 14.1. The van der Waals surface area contributed by atoms with Gasteiger partial charge in [-0.25, -0.2) is 4.79 Å². The molecular weight excluding hydrogens is 306 g/mol. The average Bonchev–Trinajstić information content (AvgIpc) is 2.99. The first kappa shape index (κ1) is 17.0. The molecule has 24 heavy (non-hydrogen) atoms. The van der Waals surface area contributed by atoms with Crippen molar-refractivity contribution >= 4 is 11.9 Å². The lowest BCUT2D eigenvalue weighted by Gasteiger charge is -2.34. The molecule has 2 fully saturated rings. The van der Waals surface area contributed by atoms with E-state index in [1.165, 1.54) is 0 Å². The van der Waals surface area contributed by atoms with Crippen molar-refractivity contribution in [2.45, 2.75) is 63.8 Å². The fourth-order valence-corrected chi connectivity index (χ4v) is 4.07. The Hall–Kier alpha value is -1.88. The van der Waals surface area contributed by atoms with Crippen LogP contribution in [0.3, 0.4) is 0 Å². The summed E-state index contributed by atoms with van der Waals surface area (Å²) >= 11 is 0. The van der Waals surface area contributed by atoms with E-state index in [1.54, 1.807) is 11.8 Å². The molecule has 1 saturated heterocycles. The van der Waals surface area contributed by atoms with E-state index in [2.05, 4.69) is 0 Å². The highest BCUT2D eigenvalue weighted by Crippen LogP contribution is 2.40. The molecule has 5 nitrogen and oxygen atoms in total. The molecule has 5 heteroatoms. The molecule has 1 aromatic carbocycles. The summed E-state index contributed by atoms with van der Waals surface area (Å²) in [6.07, 6.45) is 4.08. The quantitative estimate of drug-likeness (QED) is 0.901. The average molecular weight is 331 g/mol. The molecule has 1 N–H and O–H groups in total. The third-order valence-electron chi connectivity index (χ3n) is 5.32. The maximum atomic E-state index is 12.9. The number of amides is 1. The Bertz CT molecular complexity index is 588. The molecule has 1 amide bonds. The Morgan fingerprint density at radius 2 is 1.96 bits per heavy atom. The number of aliphatic carboxylic acids is 1. The van der Waals surface area contributed by atoms with E-state index >= 15 is 0 Å². The van der Waals surface area contributed by atoms with Crippen LogP contribution in [0.25, 0.3) is 0 Å². The smallest absolute Gasteiger partial charge is 0.326 e. The van der Waals surface area contributed by atoms with Gasteiger partial charge in [-0.3, -0.25) is 4.79 Å². The second-order valence-electron chi connectivity index (χ2n) is 6.89. The number of rotatable bonds is 5. The van der Waals surface area contributed by atoms with Crippen LogP contribution >= 0.6 is 0 Å². The third kappa shape index (κ3) is 3.46. The SMILES string of the molecule is CC(OCc1ccccc1)C(=O)N1C(C(=O)O)CC2CCCCC21. The molecule has 1 saturated carbocycles. The predicted molar refractivity (Wildman–Crippen MR) is 89.3 cm³/mol. The second kappa shape index (κ2) is 7.34. The van der Waals surface area contributed by atoms with Crippen LogP contribution in [0.15, 0.2) is 30.3 Å². The number of fused-ring (bicyclic) bond motifs is 1. The van der Waals surface area contributed by atoms with E-state index in [0.717, 1.165) is 31.2 Å². The van der Waals surface area contributed by atoms with E-state index in [9.17, 15) is 14.7 Å². The van der Waals surface area contributed by atoms with Gasteiger partial charge in [-0.2, -0.15) is 0 Å². The van der Waals surface area contributed by atoms with Crippen LogP contribution in [0.4, 0.5) is 0 Å². The Morgan fingerprint density at radius 1 is 1.25 bits per heavy atom. The molecule has 4 atom stereocenters. The van der Waals surface area contributed by atoms with Gasteiger partial charge in [-0.1, -0.05) is 43.2 Å². The standard InChI is InChI=1S/C19H25NO4/c1-13(24-12-14-7-3-2-4-8-14)18(21)20-16-10-6-5-9-15(16)11-17(20)19(22)23/h2-4,7-8,13,15-17H,5-6,9-12H2,1H3,(H,22,23). The number of ether oxygens (including phenoxy) is 1. The van der Waals surface area contributed by atoms with Crippen molar-refractivity contribution in [2.24, 2.45) is 5.92 Å². The van der Waals surface area contributed by atoms with Gasteiger partial charge in [0.2, 0.25) is 0 Å². The summed E-state index contributed by atoms with van der Waals surface area (Å²) in [5.41, 5.74) is 1.00. The summed E-state index contributed by atoms with van der Waals surface area (Å²) in [6.45, 7) is 2.08. The monoisotopic (exact) mass is 331 g/mol. The first-order valence-corrected chi connectivity index (χ1v) is 8.78. The predicted octanol–water partition coefficient (Wildman–Crippen LogP) is 2.84. The molecule has 130 valence electrons. The number of carbonyl (C=O) groups is 2. The van der Waals surface area contributed by atoms with Gasteiger partial charge in [0.15, 0.2) is 0 Å². The molecule has 4 unspecified atom stereocenters. The van der Waals surface area contributed by atoms with Crippen LogP contribution < -0.4 is 0 Å². The summed E-state index contributed by atoms with van der Waals surface area (Å²) < 4.78 is 5.73. The van der Waals surface area contributed by atoms with E-state index in [-0.39, 0.29) is 11.9 Å². The number of hydrogen-bond donors (Lipinski definition) is 1. The van der Waals surface area contributed by atoms with E-state index in [0.29, 0.717) is 18.9 Å². The van der Waals surface area contributed by atoms with Gasteiger partial charge in [0.25, 0.3) is 5.91 Å². The first-order valence-electron chi connectivity index (χ1n) is 8.78. The van der Waals surface area contributed by atoms with Crippen LogP contribution in [-0.4, -0.2) is 40.1 Å². The molecule has 1 aliphatic heterocycles. The van der Waals surface area contributed by atoms with Gasteiger partial charge in [-0.15, -0.1) is 0 Å². The van der Waals surface area contributed by atoms with Gasteiger partial charge < -0.3 is 14.7 Å². The van der Waals surface area contributed by atoms with Crippen LogP contribution in [-0.2, 0) is 20.9 Å². The lowest BCUT2D eigenvalue weighted by Crippen LogP contribution is -2.50. The van der Waals surface area contributed by atoms with Gasteiger partial charge >= 0.3 is 5.97 Å². The number of benzene rings is 1. The highest BCUT2D eigenvalue weighted by atomic mass is 16.5. The highest BCUT2D eigenvalue weighted by molar-refractivity contribution is 5.87. The zero-order chi connectivity index (χ0) is 17.1. The highest BCUT2D eigenvalue weighted by Gasteiger charge is 2.48. The summed E-state index contributed by atoms with van der Waals surface area (Å²) in [4.78, 5) is 26.1. The molecule has 0 radical (unpaired) electrons. The lowest BCUT2D eigenvalue weighted by molar-refractivity contribution is -0.156. The van der Waals surface area contributed by atoms with Crippen molar-refractivity contribution in [2.75, 3.05) is 0 Å². The minimum Gasteiger partial charge on any atom is -0.480 e. The number of carboxylic acid groups (broad SMARTS) is 1. The fourth-order valence-electron chi connectivity index (χ4n) is 4.07. The van der Waals surface area contributed by atoms with Gasteiger partial charge in [0.05, 0.1) is 6.61 Å². The van der Waals surface area contributed by atoms with Crippen molar-refractivity contribution in [1.82, 2.24) is 4.90 Å². The van der Waals surface area contributed by atoms with Crippen molar-refractivity contribution in [1.29, 1.82) is 0 Å². The second-order valence-corrected chi connectivity index (χ2v) is 6.89. The minimum absolute atomic E-state index is 0.0649. The summed E-state index contributed by atoms with van der Waals surface area (Å²) in [7, 11) is 0. The Kier molecular flexibility index (Phi) is 5.19. The van der Waals surface area contributed by atoms with Crippen LogP contribution in [0, 0.1) is 5.92 Å². The van der Waals surface area contributed by atoms with E-state index in [1.807, 2.05) is 30.3 Å².